The number of ether oxygens (including phenoxy) is 1. The van der Waals surface area contributed by atoms with Gasteiger partial charge in [-0.1, -0.05) is 57.5 Å². The zero-order valence-corrected chi connectivity index (χ0v) is 30.1. The topological polar surface area (TPSA) is 44.9 Å². The molecule has 0 aliphatic carbocycles. The third-order valence-electron chi connectivity index (χ3n) is 8.83. The molecule has 0 fully saturated rings. The average molecular weight is 798 g/mol. The van der Waals surface area contributed by atoms with Gasteiger partial charge in [-0.2, -0.15) is 17.2 Å². The number of hydrogen-bond acceptors (Lipinski definition) is 3. The molecule has 3 heterocycles. The van der Waals surface area contributed by atoms with Crippen molar-refractivity contribution in [3.63, 3.8) is 0 Å². The van der Waals surface area contributed by atoms with E-state index < -0.39 is 0 Å². The smallest absolute Gasteiger partial charge is 0.509 e. The first-order valence-corrected chi connectivity index (χ1v) is 16.0. The van der Waals surface area contributed by atoms with Gasteiger partial charge in [-0.05, 0) is 95.3 Å². The fourth-order valence-corrected chi connectivity index (χ4v) is 6.86. The molecule has 0 saturated heterocycles. The van der Waals surface area contributed by atoms with Crippen molar-refractivity contribution in [3.8, 4) is 34.1 Å². The Morgan fingerprint density at radius 3 is 2.34 bits per heavy atom. The first kappa shape index (κ1) is 32.5. The zero-order chi connectivity index (χ0) is 32.1. The van der Waals surface area contributed by atoms with Crippen LogP contribution in [0.5, 0.6) is 11.5 Å². The van der Waals surface area contributed by atoms with Crippen molar-refractivity contribution in [2.24, 2.45) is 0 Å². The van der Waals surface area contributed by atoms with Gasteiger partial charge in [0.15, 0.2) is 0 Å². The second kappa shape index (κ2) is 13.0. The van der Waals surface area contributed by atoms with E-state index in [1.807, 2.05) is 47.4 Å². The van der Waals surface area contributed by atoms with E-state index in [1.165, 1.54) is 27.8 Å². The van der Waals surface area contributed by atoms with Crippen LogP contribution in [0.25, 0.3) is 44.4 Å². The van der Waals surface area contributed by atoms with E-state index in [1.54, 1.807) is 0 Å². The van der Waals surface area contributed by atoms with Crippen molar-refractivity contribution >= 4 is 21.8 Å². The van der Waals surface area contributed by atoms with Crippen molar-refractivity contribution in [2.45, 2.75) is 60.3 Å². The molecule has 0 unspecified atom stereocenters. The second-order valence-electron chi connectivity index (χ2n) is 12.8. The van der Waals surface area contributed by atoms with Crippen LogP contribution in [0.1, 0.15) is 67.3 Å². The standard InChI is InChI=1S/C41H38N4O.Pt/c1-25(2)36-20-28(6)41(29(7)40(36)26(3)4)30-23-43-44(24-30)31-11-10-12-32(21-31)46-33-15-16-35-34-13-8-9-14-37(34)45(38(35)22-33)39-19-27(5)17-18-42-39;/h8-20,23-26H,1-7H3;/q-2;+2. The molecule has 0 radical (unpaired) electrons. The molecule has 6 heteroatoms. The van der Waals surface area contributed by atoms with Gasteiger partial charge in [0.25, 0.3) is 0 Å². The van der Waals surface area contributed by atoms with Crippen LogP contribution in [-0.2, 0) is 21.1 Å². The van der Waals surface area contributed by atoms with Crippen LogP contribution in [0, 0.1) is 32.9 Å². The van der Waals surface area contributed by atoms with E-state index >= 15 is 0 Å². The number of pyridine rings is 1. The van der Waals surface area contributed by atoms with Crippen LogP contribution in [0.2, 0.25) is 0 Å². The Bertz CT molecular complexity index is 2240. The molecule has 7 aromatic rings. The SMILES string of the molecule is Cc1ccnc(-n2c3[c-]c(Oc4[c-]c(-n5cc(-c6c(C)cc(C(C)C)c(C(C)C)c6C)cn5)ccc4)ccc3c3ccccc32)c1.[Pt+2]. The molecule has 0 spiro atoms. The van der Waals surface area contributed by atoms with Gasteiger partial charge < -0.3 is 9.30 Å². The number of fused-ring (bicyclic) bond motifs is 3. The predicted octanol–water partition coefficient (Wildman–Crippen LogP) is 10.6. The molecule has 0 aliphatic heterocycles. The predicted molar refractivity (Wildman–Crippen MR) is 188 cm³/mol. The van der Waals surface area contributed by atoms with Crippen LogP contribution in [-0.4, -0.2) is 19.3 Å². The molecule has 5 nitrogen and oxygen atoms in total. The van der Waals surface area contributed by atoms with Gasteiger partial charge in [-0.25, -0.2) is 4.98 Å². The van der Waals surface area contributed by atoms with E-state index in [9.17, 15) is 0 Å². The Morgan fingerprint density at radius 2 is 1.57 bits per heavy atom. The van der Waals surface area contributed by atoms with E-state index in [4.69, 9.17) is 9.84 Å². The van der Waals surface area contributed by atoms with Gasteiger partial charge in [0.2, 0.25) is 0 Å². The molecule has 238 valence electrons. The molecule has 7 rings (SSSR count). The number of rotatable bonds is 7. The minimum absolute atomic E-state index is 0. The Morgan fingerprint density at radius 1 is 0.787 bits per heavy atom. The number of para-hydroxylation sites is 1. The van der Waals surface area contributed by atoms with Crippen LogP contribution < -0.4 is 4.74 Å². The number of benzene rings is 4. The van der Waals surface area contributed by atoms with E-state index in [2.05, 4.69) is 119 Å². The van der Waals surface area contributed by atoms with Crippen LogP contribution in [0.15, 0.2) is 91.4 Å². The van der Waals surface area contributed by atoms with E-state index in [-0.39, 0.29) is 21.1 Å². The summed E-state index contributed by atoms with van der Waals surface area (Å²) in [7, 11) is 0. The summed E-state index contributed by atoms with van der Waals surface area (Å²) in [5.74, 6) is 2.98. The monoisotopic (exact) mass is 797 g/mol. The maximum absolute atomic E-state index is 6.38. The summed E-state index contributed by atoms with van der Waals surface area (Å²) in [6.45, 7) is 15.7. The Balaban J connectivity index is 0.00000386. The van der Waals surface area contributed by atoms with Gasteiger partial charge in [0.1, 0.15) is 5.82 Å². The minimum atomic E-state index is 0. The molecule has 0 atom stereocenters. The van der Waals surface area contributed by atoms with Crippen molar-refractivity contribution in [2.75, 3.05) is 0 Å². The maximum Gasteiger partial charge on any atom is 2.00 e. The fourth-order valence-electron chi connectivity index (χ4n) is 6.86. The molecular weight excluding hydrogens is 760 g/mol. The molecule has 0 amide bonds. The molecule has 0 aliphatic rings. The maximum atomic E-state index is 6.38. The summed E-state index contributed by atoms with van der Waals surface area (Å²) < 4.78 is 10.4. The first-order valence-electron chi connectivity index (χ1n) is 16.0. The number of aromatic nitrogens is 4. The van der Waals surface area contributed by atoms with Crippen molar-refractivity contribution in [1.82, 2.24) is 19.3 Å². The summed E-state index contributed by atoms with van der Waals surface area (Å²) in [6, 6.07) is 31.7. The summed E-state index contributed by atoms with van der Waals surface area (Å²) >= 11 is 0. The Labute approximate surface area is 291 Å². The Hall–Kier alpha value is -4.47. The number of hydrogen-bond donors (Lipinski definition) is 0. The largest absolute Gasteiger partial charge is 2.00 e. The van der Waals surface area contributed by atoms with Crippen molar-refractivity contribution in [3.05, 3.63) is 131 Å². The van der Waals surface area contributed by atoms with Crippen LogP contribution in [0.3, 0.4) is 0 Å². The van der Waals surface area contributed by atoms with Crippen LogP contribution in [0.4, 0.5) is 0 Å². The van der Waals surface area contributed by atoms with Gasteiger partial charge >= 0.3 is 21.1 Å². The molecule has 47 heavy (non-hydrogen) atoms. The third kappa shape index (κ3) is 5.94. The van der Waals surface area contributed by atoms with Gasteiger partial charge in [0.05, 0.1) is 6.20 Å². The zero-order valence-electron chi connectivity index (χ0n) is 27.8. The quantitative estimate of drug-likeness (QED) is 0.151. The van der Waals surface area contributed by atoms with Crippen molar-refractivity contribution in [1.29, 1.82) is 0 Å². The molecule has 0 N–H and O–H groups in total. The number of aryl methyl sites for hydroxylation is 2. The fraction of sp³-hybridized carbons (Fsp3) is 0.220. The first-order chi connectivity index (χ1) is 22.2. The third-order valence-corrected chi connectivity index (χ3v) is 8.83. The average Bonchev–Trinajstić information content (AvgIpc) is 3.64. The minimum Gasteiger partial charge on any atom is -0.509 e. The summed E-state index contributed by atoms with van der Waals surface area (Å²) in [5, 5.41) is 7.00. The Kier molecular flexibility index (Phi) is 8.96. The summed E-state index contributed by atoms with van der Waals surface area (Å²) in [6.07, 6.45) is 5.89. The molecule has 4 aromatic carbocycles. The van der Waals surface area contributed by atoms with Gasteiger partial charge in [-0.3, -0.25) is 4.68 Å². The molecular formula is C41H38N4OPt. The van der Waals surface area contributed by atoms with E-state index in [0.29, 0.717) is 23.3 Å². The summed E-state index contributed by atoms with van der Waals surface area (Å²) in [5.41, 5.74) is 11.8. The number of nitrogens with zero attached hydrogens (tertiary/aromatic N) is 4. The van der Waals surface area contributed by atoms with Gasteiger partial charge in [-0.15, -0.1) is 35.7 Å². The summed E-state index contributed by atoms with van der Waals surface area (Å²) in [4.78, 5) is 4.69. The molecule has 3 aromatic heterocycles. The van der Waals surface area contributed by atoms with E-state index in [0.717, 1.165) is 44.4 Å². The van der Waals surface area contributed by atoms with Gasteiger partial charge in [0, 0.05) is 35.0 Å². The van der Waals surface area contributed by atoms with Crippen molar-refractivity contribution < 1.29 is 25.8 Å². The molecule has 0 bridgehead atoms. The van der Waals surface area contributed by atoms with Crippen LogP contribution >= 0.6 is 0 Å². The molecule has 0 saturated carbocycles. The normalized spacial score (nSPS) is 11.5. The second-order valence-corrected chi connectivity index (χ2v) is 12.8.